The van der Waals surface area contributed by atoms with Crippen LogP contribution < -0.4 is 5.32 Å². The number of hydrogen-bond donors (Lipinski definition) is 1. The minimum absolute atomic E-state index is 0.368. The molecule has 2 rings (SSSR count). The van der Waals surface area contributed by atoms with Crippen LogP contribution in [0.25, 0.3) is 11.5 Å². The Balaban J connectivity index is 2.48. The van der Waals surface area contributed by atoms with Crippen LogP contribution in [0.1, 0.15) is 12.6 Å². The second kappa shape index (κ2) is 5.55. The van der Waals surface area contributed by atoms with Crippen molar-refractivity contribution < 1.29 is 4.39 Å². The van der Waals surface area contributed by atoms with E-state index in [9.17, 15) is 4.39 Å². The molecule has 0 aliphatic rings. The van der Waals surface area contributed by atoms with Crippen LogP contribution in [0.15, 0.2) is 18.3 Å². The molecule has 0 aromatic carbocycles. The standard InChI is InChI=1S/C12H12FIN4/c1-3-15-12-10(14)7(2)17-11(18-12)9-5-4-8(13)6-16-9/h4-6H,3H2,1-2H3,(H,15,17,18). The Labute approximate surface area is 118 Å². The van der Waals surface area contributed by atoms with Gasteiger partial charge >= 0.3 is 0 Å². The average Bonchev–Trinajstić information content (AvgIpc) is 2.36. The highest BCUT2D eigenvalue weighted by Crippen LogP contribution is 2.22. The van der Waals surface area contributed by atoms with E-state index in [1.165, 1.54) is 12.3 Å². The molecule has 4 nitrogen and oxygen atoms in total. The average molecular weight is 358 g/mol. The van der Waals surface area contributed by atoms with Crippen LogP contribution in [0.5, 0.6) is 0 Å². The van der Waals surface area contributed by atoms with Crippen molar-refractivity contribution >= 4 is 28.4 Å². The SMILES string of the molecule is CCNc1nc(-c2ccc(F)cn2)nc(C)c1I. The number of hydrogen-bond acceptors (Lipinski definition) is 4. The predicted molar refractivity (Wildman–Crippen MR) is 76.8 cm³/mol. The first-order valence-electron chi connectivity index (χ1n) is 5.51. The molecule has 18 heavy (non-hydrogen) atoms. The number of nitrogens with one attached hydrogen (secondary N) is 1. The Morgan fingerprint density at radius 1 is 1.33 bits per heavy atom. The second-order valence-corrected chi connectivity index (χ2v) is 4.77. The summed E-state index contributed by atoms with van der Waals surface area (Å²) in [6, 6.07) is 2.93. The van der Waals surface area contributed by atoms with Crippen molar-refractivity contribution in [3.8, 4) is 11.5 Å². The molecule has 0 atom stereocenters. The number of aryl methyl sites for hydroxylation is 1. The first-order valence-corrected chi connectivity index (χ1v) is 6.59. The summed E-state index contributed by atoms with van der Waals surface area (Å²) in [5.74, 6) is 0.920. The van der Waals surface area contributed by atoms with Crippen molar-refractivity contribution in [3.63, 3.8) is 0 Å². The van der Waals surface area contributed by atoms with Crippen molar-refractivity contribution in [3.05, 3.63) is 33.4 Å². The number of nitrogens with zero attached hydrogens (tertiary/aromatic N) is 3. The molecule has 0 unspecified atom stereocenters. The van der Waals surface area contributed by atoms with Crippen LogP contribution in [0.3, 0.4) is 0 Å². The van der Waals surface area contributed by atoms with E-state index in [-0.39, 0.29) is 5.82 Å². The van der Waals surface area contributed by atoms with Gasteiger partial charge in [0, 0.05) is 6.54 Å². The van der Waals surface area contributed by atoms with Crippen molar-refractivity contribution in [1.29, 1.82) is 0 Å². The van der Waals surface area contributed by atoms with Gasteiger partial charge in [0.2, 0.25) is 0 Å². The monoisotopic (exact) mass is 358 g/mol. The molecule has 2 aromatic rings. The lowest BCUT2D eigenvalue weighted by Crippen LogP contribution is -2.06. The van der Waals surface area contributed by atoms with Gasteiger partial charge in [-0.05, 0) is 48.6 Å². The van der Waals surface area contributed by atoms with Crippen molar-refractivity contribution in [2.75, 3.05) is 11.9 Å². The first kappa shape index (κ1) is 13.1. The summed E-state index contributed by atoms with van der Waals surface area (Å²) in [4.78, 5) is 12.8. The lowest BCUT2D eigenvalue weighted by atomic mass is 10.3. The molecule has 6 heteroatoms. The van der Waals surface area contributed by atoms with Gasteiger partial charge in [-0.1, -0.05) is 0 Å². The van der Waals surface area contributed by atoms with Gasteiger partial charge in [-0.3, -0.25) is 0 Å². The summed E-state index contributed by atoms with van der Waals surface area (Å²) in [5.41, 5.74) is 1.44. The predicted octanol–water partition coefficient (Wildman–Crippen LogP) is 3.02. The Morgan fingerprint density at radius 2 is 2.11 bits per heavy atom. The van der Waals surface area contributed by atoms with Crippen LogP contribution in [-0.4, -0.2) is 21.5 Å². The number of halogens is 2. The maximum Gasteiger partial charge on any atom is 0.180 e. The molecule has 94 valence electrons. The molecule has 0 saturated heterocycles. The van der Waals surface area contributed by atoms with E-state index in [1.807, 2.05) is 13.8 Å². The van der Waals surface area contributed by atoms with Crippen LogP contribution in [0, 0.1) is 16.3 Å². The van der Waals surface area contributed by atoms with E-state index in [0.29, 0.717) is 11.5 Å². The van der Waals surface area contributed by atoms with Crippen LogP contribution in [0.4, 0.5) is 10.2 Å². The smallest absolute Gasteiger partial charge is 0.180 e. The summed E-state index contributed by atoms with van der Waals surface area (Å²) < 4.78 is 13.8. The highest BCUT2D eigenvalue weighted by atomic mass is 127. The van der Waals surface area contributed by atoms with Crippen LogP contribution in [-0.2, 0) is 0 Å². The van der Waals surface area contributed by atoms with Gasteiger partial charge in [-0.15, -0.1) is 0 Å². The molecule has 0 spiro atoms. The maximum atomic E-state index is 12.8. The molecular weight excluding hydrogens is 346 g/mol. The minimum atomic E-state index is -0.368. The highest BCUT2D eigenvalue weighted by Gasteiger charge is 2.11. The van der Waals surface area contributed by atoms with E-state index >= 15 is 0 Å². The highest BCUT2D eigenvalue weighted by molar-refractivity contribution is 14.1. The summed E-state index contributed by atoms with van der Waals surface area (Å²) in [5, 5.41) is 3.18. The summed E-state index contributed by atoms with van der Waals surface area (Å²) >= 11 is 2.20. The van der Waals surface area contributed by atoms with Gasteiger partial charge in [0.05, 0.1) is 15.5 Å². The maximum absolute atomic E-state index is 12.8. The normalized spacial score (nSPS) is 10.4. The van der Waals surface area contributed by atoms with E-state index in [2.05, 4.69) is 42.9 Å². The fourth-order valence-electron chi connectivity index (χ4n) is 1.47. The summed E-state index contributed by atoms with van der Waals surface area (Å²) in [6.07, 6.45) is 1.17. The van der Waals surface area contributed by atoms with Gasteiger partial charge in [-0.25, -0.2) is 19.3 Å². The molecule has 0 aliphatic heterocycles. The van der Waals surface area contributed by atoms with E-state index in [0.717, 1.165) is 21.6 Å². The van der Waals surface area contributed by atoms with Gasteiger partial charge in [0.25, 0.3) is 0 Å². The number of aromatic nitrogens is 3. The third-order valence-electron chi connectivity index (χ3n) is 2.32. The third-order valence-corrected chi connectivity index (χ3v) is 3.61. The zero-order chi connectivity index (χ0) is 13.1. The van der Waals surface area contributed by atoms with Gasteiger partial charge < -0.3 is 5.32 Å². The zero-order valence-corrected chi connectivity index (χ0v) is 12.2. The summed E-state index contributed by atoms with van der Waals surface area (Å²) in [7, 11) is 0. The van der Waals surface area contributed by atoms with Gasteiger partial charge in [0.15, 0.2) is 5.82 Å². The topological polar surface area (TPSA) is 50.7 Å². The molecule has 0 radical (unpaired) electrons. The van der Waals surface area contributed by atoms with Crippen molar-refractivity contribution in [2.24, 2.45) is 0 Å². The molecule has 1 N–H and O–H groups in total. The van der Waals surface area contributed by atoms with E-state index in [1.54, 1.807) is 6.07 Å². The van der Waals surface area contributed by atoms with Crippen LogP contribution >= 0.6 is 22.6 Å². The van der Waals surface area contributed by atoms with Crippen LogP contribution in [0.2, 0.25) is 0 Å². The molecule has 0 aliphatic carbocycles. The van der Waals surface area contributed by atoms with Crippen molar-refractivity contribution in [2.45, 2.75) is 13.8 Å². The fourth-order valence-corrected chi connectivity index (χ4v) is 1.90. The Bertz CT molecular complexity index is 557. The fraction of sp³-hybridized carbons (Fsp3) is 0.250. The molecule has 2 heterocycles. The lowest BCUT2D eigenvalue weighted by molar-refractivity contribution is 0.621. The number of pyridine rings is 1. The third kappa shape index (κ3) is 2.74. The van der Waals surface area contributed by atoms with E-state index in [4.69, 9.17) is 0 Å². The number of rotatable bonds is 3. The summed E-state index contributed by atoms with van der Waals surface area (Å²) in [6.45, 7) is 4.70. The molecule has 0 bridgehead atoms. The lowest BCUT2D eigenvalue weighted by Gasteiger charge is -2.09. The number of anilines is 1. The molecule has 0 saturated carbocycles. The molecule has 0 amide bonds. The second-order valence-electron chi connectivity index (χ2n) is 3.69. The largest absolute Gasteiger partial charge is 0.369 e. The van der Waals surface area contributed by atoms with Gasteiger partial charge in [-0.2, -0.15) is 0 Å². The molecule has 2 aromatic heterocycles. The van der Waals surface area contributed by atoms with E-state index < -0.39 is 0 Å². The Morgan fingerprint density at radius 3 is 2.72 bits per heavy atom. The minimum Gasteiger partial charge on any atom is -0.369 e. The van der Waals surface area contributed by atoms with Crippen molar-refractivity contribution in [1.82, 2.24) is 15.0 Å². The quantitative estimate of drug-likeness (QED) is 0.857. The first-order chi connectivity index (χ1) is 8.61. The van der Waals surface area contributed by atoms with Gasteiger partial charge in [0.1, 0.15) is 17.3 Å². The Hall–Kier alpha value is -1.31. The Kier molecular flexibility index (Phi) is 4.05. The molecular formula is C12H12FIN4. The molecule has 0 fully saturated rings. The zero-order valence-electron chi connectivity index (χ0n) is 10.0.